The Morgan fingerprint density at radius 2 is 2.00 bits per heavy atom. The SMILES string of the molecule is CC(C)C(CI)NC(=O)c1ccc(Cl)c(Cl)c1. The molecule has 1 atom stereocenters. The van der Waals surface area contributed by atoms with Gasteiger partial charge in [-0.25, -0.2) is 0 Å². The molecule has 0 bridgehead atoms. The van der Waals surface area contributed by atoms with Crippen LogP contribution in [-0.2, 0) is 0 Å². The van der Waals surface area contributed by atoms with Crippen LogP contribution in [0.1, 0.15) is 24.2 Å². The monoisotopic (exact) mass is 385 g/mol. The first-order valence-electron chi connectivity index (χ1n) is 5.27. The van der Waals surface area contributed by atoms with Crippen molar-refractivity contribution in [1.29, 1.82) is 0 Å². The van der Waals surface area contributed by atoms with Crippen LogP contribution >= 0.6 is 45.8 Å². The van der Waals surface area contributed by atoms with E-state index in [0.29, 0.717) is 21.5 Å². The molecule has 1 aromatic rings. The first-order valence-corrected chi connectivity index (χ1v) is 7.55. The molecule has 0 aromatic heterocycles. The van der Waals surface area contributed by atoms with Gasteiger partial charge in [-0.1, -0.05) is 59.6 Å². The summed E-state index contributed by atoms with van der Waals surface area (Å²) in [6, 6.07) is 5.06. The summed E-state index contributed by atoms with van der Waals surface area (Å²) in [6.07, 6.45) is 0. The lowest BCUT2D eigenvalue weighted by atomic mass is 10.1. The third kappa shape index (κ3) is 4.30. The minimum absolute atomic E-state index is 0.112. The number of hydrogen-bond acceptors (Lipinski definition) is 1. The fourth-order valence-corrected chi connectivity index (χ4v) is 2.81. The zero-order chi connectivity index (χ0) is 13.0. The Bertz CT molecular complexity index is 409. The first-order chi connectivity index (χ1) is 7.95. The molecule has 2 nitrogen and oxygen atoms in total. The number of alkyl halides is 1. The molecular weight excluding hydrogens is 372 g/mol. The molecule has 1 aromatic carbocycles. The molecule has 0 saturated heterocycles. The molecule has 0 saturated carbocycles. The van der Waals surface area contributed by atoms with E-state index >= 15 is 0 Å². The molecule has 0 radical (unpaired) electrons. The number of carbonyl (C=O) groups is 1. The third-order valence-electron chi connectivity index (χ3n) is 2.47. The van der Waals surface area contributed by atoms with Crippen LogP contribution in [0.2, 0.25) is 10.0 Å². The van der Waals surface area contributed by atoms with Gasteiger partial charge >= 0.3 is 0 Å². The quantitative estimate of drug-likeness (QED) is 0.611. The van der Waals surface area contributed by atoms with E-state index in [1.165, 1.54) is 0 Å². The van der Waals surface area contributed by atoms with Gasteiger partial charge in [-0.3, -0.25) is 4.79 Å². The lowest BCUT2D eigenvalue weighted by molar-refractivity contribution is 0.0932. The van der Waals surface area contributed by atoms with Crippen molar-refractivity contribution in [3.05, 3.63) is 33.8 Å². The van der Waals surface area contributed by atoms with Gasteiger partial charge in [0.15, 0.2) is 0 Å². The second kappa shape index (κ2) is 6.81. The zero-order valence-electron chi connectivity index (χ0n) is 9.64. The van der Waals surface area contributed by atoms with Gasteiger partial charge in [0.1, 0.15) is 0 Å². The molecule has 1 amide bonds. The van der Waals surface area contributed by atoms with Crippen LogP contribution in [0.3, 0.4) is 0 Å². The fourth-order valence-electron chi connectivity index (χ4n) is 1.27. The Morgan fingerprint density at radius 1 is 1.35 bits per heavy atom. The van der Waals surface area contributed by atoms with Crippen molar-refractivity contribution < 1.29 is 4.79 Å². The van der Waals surface area contributed by atoms with Crippen LogP contribution in [0, 0.1) is 5.92 Å². The van der Waals surface area contributed by atoms with Gasteiger partial charge in [-0.05, 0) is 24.1 Å². The minimum atomic E-state index is -0.112. The number of halogens is 3. The largest absolute Gasteiger partial charge is 0.348 e. The lowest BCUT2D eigenvalue weighted by Gasteiger charge is -2.20. The van der Waals surface area contributed by atoms with Gasteiger partial charge in [0.2, 0.25) is 0 Å². The molecule has 0 heterocycles. The highest BCUT2D eigenvalue weighted by molar-refractivity contribution is 14.1. The maximum absolute atomic E-state index is 12.0. The van der Waals surface area contributed by atoms with Crippen molar-refractivity contribution in [2.24, 2.45) is 5.92 Å². The van der Waals surface area contributed by atoms with E-state index in [1.54, 1.807) is 18.2 Å². The summed E-state index contributed by atoms with van der Waals surface area (Å²) in [6.45, 7) is 4.16. The molecule has 0 aliphatic heterocycles. The molecule has 5 heteroatoms. The Hall–Kier alpha value is -0.0000000000000000555. The fraction of sp³-hybridized carbons (Fsp3) is 0.417. The van der Waals surface area contributed by atoms with Gasteiger partial charge < -0.3 is 5.32 Å². The van der Waals surface area contributed by atoms with Gasteiger partial charge in [0.05, 0.1) is 10.0 Å². The number of benzene rings is 1. The van der Waals surface area contributed by atoms with Crippen LogP contribution in [0.15, 0.2) is 18.2 Å². The maximum atomic E-state index is 12.0. The third-order valence-corrected chi connectivity index (χ3v) is 4.16. The Balaban J connectivity index is 2.79. The normalized spacial score (nSPS) is 12.6. The summed E-state index contributed by atoms with van der Waals surface area (Å²) in [7, 11) is 0. The maximum Gasteiger partial charge on any atom is 0.251 e. The molecule has 1 unspecified atom stereocenters. The average molecular weight is 386 g/mol. The molecule has 0 fully saturated rings. The highest BCUT2D eigenvalue weighted by Gasteiger charge is 2.16. The zero-order valence-corrected chi connectivity index (χ0v) is 13.3. The Kier molecular flexibility index (Phi) is 6.03. The number of nitrogens with one attached hydrogen (secondary N) is 1. The summed E-state index contributed by atoms with van der Waals surface area (Å²) in [5.41, 5.74) is 0.537. The summed E-state index contributed by atoms with van der Waals surface area (Å²) < 4.78 is 0.877. The molecule has 17 heavy (non-hydrogen) atoms. The molecule has 0 aliphatic carbocycles. The van der Waals surface area contributed by atoms with E-state index in [1.807, 2.05) is 0 Å². The van der Waals surface area contributed by atoms with Crippen molar-refractivity contribution >= 4 is 51.7 Å². The highest BCUT2D eigenvalue weighted by Crippen LogP contribution is 2.22. The van der Waals surface area contributed by atoms with Crippen molar-refractivity contribution in [2.75, 3.05) is 4.43 Å². The average Bonchev–Trinajstić information content (AvgIpc) is 2.28. The van der Waals surface area contributed by atoms with Crippen LogP contribution < -0.4 is 5.32 Å². The van der Waals surface area contributed by atoms with E-state index in [9.17, 15) is 4.79 Å². The van der Waals surface area contributed by atoms with Crippen LogP contribution in [-0.4, -0.2) is 16.4 Å². The van der Waals surface area contributed by atoms with E-state index in [4.69, 9.17) is 23.2 Å². The number of amides is 1. The van der Waals surface area contributed by atoms with E-state index in [0.717, 1.165) is 4.43 Å². The van der Waals surface area contributed by atoms with Crippen molar-refractivity contribution in [3.8, 4) is 0 Å². The summed E-state index contributed by atoms with van der Waals surface area (Å²) in [5.74, 6) is 0.289. The van der Waals surface area contributed by atoms with E-state index < -0.39 is 0 Å². The van der Waals surface area contributed by atoms with Crippen LogP contribution in [0.5, 0.6) is 0 Å². The van der Waals surface area contributed by atoms with Crippen LogP contribution in [0.4, 0.5) is 0 Å². The van der Waals surface area contributed by atoms with Crippen molar-refractivity contribution in [2.45, 2.75) is 19.9 Å². The predicted molar refractivity (Wildman–Crippen MR) is 81.4 cm³/mol. The summed E-state index contributed by atoms with van der Waals surface area (Å²) in [4.78, 5) is 12.0. The molecular formula is C12H14Cl2INO. The van der Waals surface area contributed by atoms with E-state index in [-0.39, 0.29) is 11.9 Å². The number of rotatable bonds is 4. The second-order valence-corrected chi connectivity index (χ2v) is 5.80. The Morgan fingerprint density at radius 3 is 2.47 bits per heavy atom. The van der Waals surface area contributed by atoms with Gasteiger partial charge in [-0.2, -0.15) is 0 Å². The summed E-state index contributed by atoms with van der Waals surface area (Å²) in [5, 5.41) is 3.84. The van der Waals surface area contributed by atoms with Crippen molar-refractivity contribution in [1.82, 2.24) is 5.32 Å². The molecule has 0 spiro atoms. The van der Waals surface area contributed by atoms with Gasteiger partial charge in [0, 0.05) is 16.0 Å². The predicted octanol–water partition coefficient (Wildman–Crippen LogP) is 4.18. The van der Waals surface area contributed by atoms with E-state index in [2.05, 4.69) is 41.8 Å². The molecule has 0 aliphatic rings. The second-order valence-electron chi connectivity index (χ2n) is 4.11. The smallest absolute Gasteiger partial charge is 0.251 e. The molecule has 94 valence electrons. The first kappa shape index (κ1) is 15.1. The summed E-state index contributed by atoms with van der Waals surface area (Å²) >= 11 is 13.9. The Labute approximate surface area is 125 Å². The van der Waals surface area contributed by atoms with Gasteiger partial charge in [-0.15, -0.1) is 0 Å². The molecule has 1 rings (SSSR count). The van der Waals surface area contributed by atoms with Crippen molar-refractivity contribution in [3.63, 3.8) is 0 Å². The lowest BCUT2D eigenvalue weighted by Crippen LogP contribution is -2.39. The minimum Gasteiger partial charge on any atom is -0.348 e. The topological polar surface area (TPSA) is 29.1 Å². The number of carbonyl (C=O) groups excluding carboxylic acids is 1. The van der Waals surface area contributed by atoms with Gasteiger partial charge in [0.25, 0.3) is 5.91 Å². The highest BCUT2D eigenvalue weighted by atomic mass is 127. The van der Waals surface area contributed by atoms with Crippen LogP contribution in [0.25, 0.3) is 0 Å². The molecule has 1 N–H and O–H groups in total. The number of hydrogen-bond donors (Lipinski definition) is 1. The standard InChI is InChI=1S/C12H14Cl2INO/c1-7(2)11(6-15)16-12(17)8-3-4-9(13)10(14)5-8/h3-5,7,11H,6H2,1-2H3,(H,16,17).